The molecule has 2 aliphatic heterocycles. The van der Waals surface area contributed by atoms with Gasteiger partial charge in [0, 0.05) is 37.4 Å². The van der Waals surface area contributed by atoms with Crippen molar-refractivity contribution in [2.75, 3.05) is 26.3 Å². The molecule has 3 aromatic rings. The predicted octanol–water partition coefficient (Wildman–Crippen LogP) is 3.17. The molecule has 1 aromatic carbocycles. The molecule has 8 nitrogen and oxygen atoms in total. The first kappa shape index (κ1) is 20.9. The Hall–Kier alpha value is -2.97. The first-order valence-electron chi connectivity index (χ1n) is 11.1. The monoisotopic (exact) mass is 436 g/mol. The molecule has 1 spiro atoms. The highest BCUT2D eigenvalue weighted by molar-refractivity contribution is 5.84. The Morgan fingerprint density at radius 1 is 1.12 bits per heavy atom. The van der Waals surface area contributed by atoms with Crippen LogP contribution in [0.25, 0.3) is 16.7 Å². The molecule has 4 heterocycles. The van der Waals surface area contributed by atoms with E-state index in [-0.39, 0.29) is 5.91 Å². The van der Waals surface area contributed by atoms with Crippen LogP contribution in [0, 0.1) is 13.8 Å². The van der Waals surface area contributed by atoms with Crippen molar-refractivity contribution < 1.29 is 19.0 Å². The number of carbonyl (C=O) groups excluding carboxylic acids is 1. The van der Waals surface area contributed by atoms with E-state index >= 15 is 0 Å². The maximum atomic E-state index is 13.0. The summed E-state index contributed by atoms with van der Waals surface area (Å²) in [6, 6.07) is 11.8. The number of pyridine rings is 1. The number of aromatic nitrogens is 3. The van der Waals surface area contributed by atoms with Gasteiger partial charge in [-0.2, -0.15) is 10.1 Å². The van der Waals surface area contributed by atoms with Crippen LogP contribution in [-0.4, -0.2) is 63.8 Å². The van der Waals surface area contributed by atoms with Crippen molar-refractivity contribution in [3.8, 4) is 11.6 Å². The second-order valence-electron chi connectivity index (χ2n) is 8.50. The third kappa shape index (κ3) is 3.73. The van der Waals surface area contributed by atoms with E-state index in [9.17, 15) is 4.79 Å². The Kier molecular flexibility index (Phi) is 5.35. The molecule has 0 radical (unpaired) electrons. The van der Waals surface area contributed by atoms with E-state index in [1.165, 1.54) is 0 Å². The van der Waals surface area contributed by atoms with Crippen molar-refractivity contribution in [2.24, 2.45) is 0 Å². The average Bonchev–Trinajstić information content (AvgIpc) is 3.39. The molecule has 8 heteroatoms. The molecule has 2 fully saturated rings. The van der Waals surface area contributed by atoms with Gasteiger partial charge in [0.2, 0.25) is 5.88 Å². The van der Waals surface area contributed by atoms with Crippen molar-refractivity contribution in [3.05, 3.63) is 47.7 Å². The zero-order chi connectivity index (χ0) is 22.3. The maximum Gasteiger partial charge on any atom is 0.263 e. The van der Waals surface area contributed by atoms with E-state index in [1.807, 2.05) is 59.8 Å². The van der Waals surface area contributed by atoms with Gasteiger partial charge in [-0.05, 0) is 38.5 Å². The van der Waals surface area contributed by atoms with Crippen molar-refractivity contribution in [1.82, 2.24) is 19.7 Å². The first-order chi connectivity index (χ1) is 15.5. The van der Waals surface area contributed by atoms with Crippen LogP contribution in [0.3, 0.4) is 0 Å². The highest BCUT2D eigenvalue weighted by atomic mass is 16.7. The van der Waals surface area contributed by atoms with Crippen molar-refractivity contribution in [3.63, 3.8) is 0 Å². The van der Waals surface area contributed by atoms with Crippen LogP contribution >= 0.6 is 0 Å². The largest absolute Gasteiger partial charge is 0.464 e. The molecule has 0 unspecified atom stereocenters. The molecule has 2 saturated heterocycles. The van der Waals surface area contributed by atoms with E-state index in [2.05, 4.69) is 5.10 Å². The molecule has 1 amide bonds. The third-order valence-electron chi connectivity index (χ3n) is 6.28. The van der Waals surface area contributed by atoms with Gasteiger partial charge in [0.1, 0.15) is 0 Å². The average molecular weight is 437 g/mol. The standard InChI is InChI=1S/C24H28N4O4/c1-16-15-20(25-22-21(16)17(2)26-28(22)19-7-5-4-6-8-19)32-18(3)23(29)27-11-9-24(10-12-27)30-13-14-31-24/h4-8,15,18H,9-14H2,1-3H3/t18-/m0/s1. The summed E-state index contributed by atoms with van der Waals surface area (Å²) in [6.45, 7) is 8.20. The highest BCUT2D eigenvalue weighted by Gasteiger charge is 2.41. The summed E-state index contributed by atoms with van der Waals surface area (Å²) < 4.78 is 19.4. The molecule has 0 N–H and O–H groups in total. The van der Waals surface area contributed by atoms with Crippen LogP contribution in [0.1, 0.15) is 31.0 Å². The van der Waals surface area contributed by atoms with E-state index < -0.39 is 11.9 Å². The Morgan fingerprint density at radius 2 is 1.81 bits per heavy atom. The lowest BCUT2D eigenvalue weighted by Crippen LogP contribution is -2.50. The molecular weight excluding hydrogens is 408 g/mol. The van der Waals surface area contributed by atoms with Crippen molar-refractivity contribution in [1.29, 1.82) is 0 Å². The van der Waals surface area contributed by atoms with Crippen LogP contribution in [0.2, 0.25) is 0 Å². The summed E-state index contributed by atoms with van der Waals surface area (Å²) in [5, 5.41) is 5.68. The Bertz CT molecular complexity index is 1130. The van der Waals surface area contributed by atoms with Gasteiger partial charge >= 0.3 is 0 Å². The number of hydrogen-bond acceptors (Lipinski definition) is 6. The summed E-state index contributed by atoms with van der Waals surface area (Å²) in [5.41, 5.74) is 3.57. The normalized spacial score (nSPS) is 18.9. The highest BCUT2D eigenvalue weighted by Crippen LogP contribution is 2.32. The molecule has 5 rings (SSSR count). The summed E-state index contributed by atoms with van der Waals surface area (Å²) in [7, 11) is 0. The molecule has 1 atom stereocenters. The number of benzene rings is 1. The summed E-state index contributed by atoms with van der Waals surface area (Å²) in [6.07, 6.45) is 0.724. The van der Waals surface area contributed by atoms with Gasteiger partial charge in [-0.15, -0.1) is 0 Å². The van der Waals surface area contributed by atoms with Crippen LogP contribution in [-0.2, 0) is 14.3 Å². The molecule has 0 aliphatic carbocycles. The Morgan fingerprint density at radius 3 is 2.50 bits per heavy atom. The fraction of sp³-hybridized carbons (Fsp3) is 0.458. The minimum atomic E-state index is -0.645. The first-order valence-corrected chi connectivity index (χ1v) is 11.1. The van der Waals surface area contributed by atoms with Crippen LogP contribution in [0.5, 0.6) is 5.88 Å². The quantitative estimate of drug-likeness (QED) is 0.625. The SMILES string of the molecule is Cc1cc(O[C@@H](C)C(=O)N2CCC3(CC2)OCCO3)nc2c1c(C)nn2-c1ccccc1. The van der Waals surface area contributed by atoms with Crippen LogP contribution < -0.4 is 4.74 Å². The van der Waals surface area contributed by atoms with E-state index in [1.54, 1.807) is 6.92 Å². The van der Waals surface area contributed by atoms with E-state index in [0.717, 1.165) is 28.0 Å². The minimum Gasteiger partial charge on any atom is -0.464 e. The number of piperidine rings is 1. The number of hydrogen-bond donors (Lipinski definition) is 0. The lowest BCUT2D eigenvalue weighted by atomic mass is 10.0. The summed E-state index contributed by atoms with van der Waals surface area (Å²) >= 11 is 0. The molecule has 2 aromatic heterocycles. The molecular formula is C24H28N4O4. The smallest absolute Gasteiger partial charge is 0.263 e. The van der Waals surface area contributed by atoms with E-state index in [4.69, 9.17) is 19.2 Å². The number of para-hydroxylation sites is 1. The van der Waals surface area contributed by atoms with Crippen molar-refractivity contribution in [2.45, 2.75) is 45.5 Å². The van der Waals surface area contributed by atoms with Gasteiger partial charge in [0.15, 0.2) is 17.5 Å². The number of likely N-dealkylation sites (tertiary alicyclic amines) is 1. The van der Waals surface area contributed by atoms with Crippen LogP contribution in [0.15, 0.2) is 36.4 Å². The number of carbonyl (C=O) groups is 1. The number of fused-ring (bicyclic) bond motifs is 1. The molecule has 32 heavy (non-hydrogen) atoms. The minimum absolute atomic E-state index is 0.0508. The summed E-state index contributed by atoms with van der Waals surface area (Å²) in [4.78, 5) is 19.6. The molecule has 0 bridgehead atoms. The fourth-order valence-electron chi connectivity index (χ4n) is 4.63. The van der Waals surface area contributed by atoms with E-state index in [0.29, 0.717) is 45.0 Å². The fourth-order valence-corrected chi connectivity index (χ4v) is 4.63. The predicted molar refractivity (Wildman–Crippen MR) is 119 cm³/mol. The van der Waals surface area contributed by atoms with Gasteiger partial charge in [-0.1, -0.05) is 18.2 Å². The Labute approximate surface area is 187 Å². The van der Waals surface area contributed by atoms with Gasteiger partial charge in [0.25, 0.3) is 5.91 Å². The lowest BCUT2D eigenvalue weighted by molar-refractivity contribution is -0.188. The number of nitrogens with zero attached hydrogens (tertiary/aromatic N) is 4. The zero-order valence-electron chi connectivity index (χ0n) is 18.7. The molecule has 0 saturated carbocycles. The zero-order valence-corrected chi connectivity index (χ0v) is 18.7. The summed E-state index contributed by atoms with van der Waals surface area (Å²) in [5.74, 6) is -0.132. The number of amides is 1. The molecule has 2 aliphatic rings. The third-order valence-corrected chi connectivity index (χ3v) is 6.28. The number of aryl methyl sites for hydroxylation is 2. The van der Waals surface area contributed by atoms with Crippen molar-refractivity contribution >= 4 is 16.9 Å². The van der Waals surface area contributed by atoms with Gasteiger partial charge in [-0.25, -0.2) is 4.68 Å². The van der Waals surface area contributed by atoms with Crippen LogP contribution in [0.4, 0.5) is 0 Å². The van der Waals surface area contributed by atoms with Gasteiger partial charge < -0.3 is 19.1 Å². The second kappa shape index (κ2) is 8.18. The van der Waals surface area contributed by atoms with Gasteiger partial charge in [0.05, 0.1) is 24.6 Å². The Balaban J connectivity index is 1.35. The maximum absolute atomic E-state index is 13.0. The number of rotatable bonds is 4. The number of ether oxygens (including phenoxy) is 3. The second-order valence-corrected chi connectivity index (χ2v) is 8.50. The molecule has 168 valence electrons. The van der Waals surface area contributed by atoms with Gasteiger partial charge in [-0.3, -0.25) is 4.79 Å². The lowest BCUT2D eigenvalue weighted by Gasteiger charge is -2.38. The topological polar surface area (TPSA) is 78.7 Å².